The fourth-order valence-electron chi connectivity index (χ4n) is 2.25. The molecule has 0 radical (unpaired) electrons. The van der Waals surface area contributed by atoms with E-state index in [-0.39, 0.29) is 5.84 Å². The Kier molecular flexibility index (Phi) is 3.67. The lowest BCUT2D eigenvalue weighted by Gasteiger charge is -2.32. The number of hydrogen-bond donors (Lipinski definition) is 2. The molecule has 0 bridgehead atoms. The zero-order valence-electron chi connectivity index (χ0n) is 9.63. The standard InChI is InChI=1S/C9H18N4O3S/c10-9(11)8-2-1-3-13(8)17(14,15)12-4-6-16-7-5-12/h8H,1-7H2,(H3,10,11). The van der Waals surface area contributed by atoms with E-state index >= 15 is 0 Å². The summed E-state index contributed by atoms with van der Waals surface area (Å²) in [6, 6.07) is -0.470. The van der Waals surface area contributed by atoms with E-state index in [0.29, 0.717) is 39.3 Å². The lowest BCUT2D eigenvalue weighted by Crippen LogP contribution is -2.52. The predicted molar refractivity (Wildman–Crippen MR) is 63.0 cm³/mol. The minimum absolute atomic E-state index is 0.0701. The molecule has 7 nitrogen and oxygen atoms in total. The summed E-state index contributed by atoms with van der Waals surface area (Å²) in [5.41, 5.74) is 5.45. The number of nitrogens with one attached hydrogen (secondary N) is 1. The topological polar surface area (TPSA) is 99.7 Å². The van der Waals surface area contributed by atoms with Gasteiger partial charge in [0.1, 0.15) is 5.84 Å². The van der Waals surface area contributed by atoms with Gasteiger partial charge < -0.3 is 10.5 Å². The molecule has 0 aromatic heterocycles. The number of nitrogens with two attached hydrogens (primary N) is 1. The van der Waals surface area contributed by atoms with Crippen LogP contribution in [0.15, 0.2) is 0 Å². The second kappa shape index (κ2) is 4.89. The second-order valence-corrected chi connectivity index (χ2v) is 6.12. The van der Waals surface area contributed by atoms with Crippen molar-refractivity contribution in [3.63, 3.8) is 0 Å². The van der Waals surface area contributed by atoms with Gasteiger partial charge in [-0.3, -0.25) is 5.41 Å². The van der Waals surface area contributed by atoms with Crippen LogP contribution in [-0.2, 0) is 14.9 Å². The number of amidine groups is 1. The molecule has 0 spiro atoms. The minimum Gasteiger partial charge on any atom is -0.386 e. The van der Waals surface area contributed by atoms with Crippen LogP contribution in [-0.4, -0.2) is 61.8 Å². The summed E-state index contributed by atoms with van der Waals surface area (Å²) in [4.78, 5) is 0. The van der Waals surface area contributed by atoms with E-state index in [1.165, 1.54) is 8.61 Å². The van der Waals surface area contributed by atoms with Crippen LogP contribution in [0.5, 0.6) is 0 Å². The van der Waals surface area contributed by atoms with Crippen LogP contribution in [0, 0.1) is 5.41 Å². The second-order valence-electron chi connectivity index (χ2n) is 4.24. The first kappa shape index (κ1) is 12.7. The van der Waals surface area contributed by atoms with Crippen molar-refractivity contribution in [3.8, 4) is 0 Å². The molecule has 0 aromatic carbocycles. The van der Waals surface area contributed by atoms with Crippen molar-refractivity contribution in [3.05, 3.63) is 0 Å². The van der Waals surface area contributed by atoms with Crippen molar-refractivity contribution in [1.29, 1.82) is 5.41 Å². The van der Waals surface area contributed by atoms with Gasteiger partial charge in [-0.15, -0.1) is 0 Å². The fraction of sp³-hybridized carbons (Fsp3) is 0.889. The normalized spacial score (nSPS) is 28.4. The van der Waals surface area contributed by atoms with Crippen molar-refractivity contribution >= 4 is 16.0 Å². The summed E-state index contributed by atoms with van der Waals surface area (Å²) in [6.45, 7) is 2.06. The molecule has 2 saturated heterocycles. The minimum atomic E-state index is -3.49. The summed E-state index contributed by atoms with van der Waals surface area (Å²) in [6.07, 6.45) is 1.40. The Morgan fingerprint density at radius 3 is 2.53 bits per heavy atom. The first-order valence-electron chi connectivity index (χ1n) is 5.72. The van der Waals surface area contributed by atoms with E-state index in [9.17, 15) is 8.42 Å². The van der Waals surface area contributed by atoms with Gasteiger partial charge in [-0.1, -0.05) is 0 Å². The maximum absolute atomic E-state index is 12.3. The van der Waals surface area contributed by atoms with Gasteiger partial charge in [-0.05, 0) is 12.8 Å². The van der Waals surface area contributed by atoms with Crippen molar-refractivity contribution in [2.75, 3.05) is 32.8 Å². The van der Waals surface area contributed by atoms with Gasteiger partial charge in [0.2, 0.25) is 0 Å². The molecule has 1 atom stereocenters. The van der Waals surface area contributed by atoms with Gasteiger partial charge >= 0.3 is 0 Å². The third-order valence-electron chi connectivity index (χ3n) is 3.16. The van der Waals surface area contributed by atoms with Crippen molar-refractivity contribution in [2.24, 2.45) is 5.73 Å². The van der Waals surface area contributed by atoms with Gasteiger partial charge in [-0.25, -0.2) is 0 Å². The first-order valence-corrected chi connectivity index (χ1v) is 7.12. The number of morpholine rings is 1. The molecule has 2 fully saturated rings. The zero-order chi connectivity index (χ0) is 12.5. The number of hydrogen-bond acceptors (Lipinski definition) is 4. The van der Waals surface area contributed by atoms with Crippen molar-refractivity contribution < 1.29 is 13.2 Å². The molecular weight excluding hydrogens is 244 g/mol. The van der Waals surface area contributed by atoms with Crippen LogP contribution >= 0.6 is 0 Å². The highest BCUT2D eigenvalue weighted by Gasteiger charge is 2.39. The van der Waals surface area contributed by atoms with E-state index in [4.69, 9.17) is 15.9 Å². The first-order chi connectivity index (χ1) is 8.03. The lowest BCUT2D eigenvalue weighted by atomic mass is 10.2. The molecule has 3 N–H and O–H groups in total. The van der Waals surface area contributed by atoms with Crippen LogP contribution in [0.4, 0.5) is 0 Å². The van der Waals surface area contributed by atoms with E-state index in [1.807, 2.05) is 0 Å². The van der Waals surface area contributed by atoms with Gasteiger partial charge in [0.15, 0.2) is 0 Å². The Hall–Kier alpha value is -0.700. The van der Waals surface area contributed by atoms with E-state index in [2.05, 4.69) is 0 Å². The van der Waals surface area contributed by atoms with Crippen molar-refractivity contribution in [1.82, 2.24) is 8.61 Å². The van der Waals surface area contributed by atoms with Crippen molar-refractivity contribution in [2.45, 2.75) is 18.9 Å². The molecule has 8 heteroatoms. The summed E-state index contributed by atoms with van der Waals surface area (Å²) < 4.78 is 32.6. The molecule has 98 valence electrons. The largest absolute Gasteiger partial charge is 0.386 e. The van der Waals surface area contributed by atoms with Crippen LogP contribution in [0.1, 0.15) is 12.8 Å². The average molecular weight is 262 g/mol. The Morgan fingerprint density at radius 2 is 1.94 bits per heavy atom. The summed E-state index contributed by atoms with van der Waals surface area (Å²) in [5, 5.41) is 7.44. The molecule has 2 rings (SSSR count). The SMILES string of the molecule is N=C(N)C1CCCN1S(=O)(=O)N1CCOCC1. The maximum Gasteiger partial charge on any atom is 0.282 e. The quantitative estimate of drug-likeness (QED) is 0.501. The monoisotopic (exact) mass is 262 g/mol. The van der Waals surface area contributed by atoms with Gasteiger partial charge in [0.25, 0.3) is 10.2 Å². The van der Waals surface area contributed by atoms with E-state index < -0.39 is 16.3 Å². The molecule has 0 aliphatic carbocycles. The average Bonchev–Trinajstić information content (AvgIpc) is 2.80. The molecule has 0 aromatic rings. The Bertz CT molecular complexity index is 391. The van der Waals surface area contributed by atoms with Crippen LogP contribution in [0.25, 0.3) is 0 Å². The molecule has 0 amide bonds. The molecule has 1 unspecified atom stereocenters. The Morgan fingerprint density at radius 1 is 1.29 bits per heavy atom. The van der Waals surface area contributed by atoms with Crippen LogP contribution < -0.4 is 5.73 Å². The highest BCUT2D eigenvalue weighted by atomic mass is 32.2. The number of nitrogens with zero attached hydrogens (tertiary/aromatic N) is 2. The molecule has 2 aliphatic rings. The summed E-state index contributed by atoms with van der Waals surface area (Å²) >= 11 is 0. The zero-order valence-corrected chi connectivity index (χ0v) is 10.4. The summed E-state index contributed by atoms with van der Waals surface area (Å²) in [7, 11) is -3.49. The smallest absolute Gasteiger partial charge is 0.282 e. The van der Waals surface area contributed by atoms with Gasteiger partial charge in [0, 0.05) is 19.6 Å². The highest BCUT2D eigenvalue weighted by molar-refractivity contribution is 7.86. The van der Waals surface area contributed by atoms with E-state index in [1.54, 1.807) is 0 Å². The van der Waals surface area contributed by atoms with E-state index in [0.717, 1.165) is 6.42 Å². The molecule has 17 heavy (non-hydrogen) atoms. The maximum atomic E-state index is 12.3. The number of ether oxygens (including phenoxy) is 1. The molecule has 2 heterocycles. The Balaban J connectivity index is 2.16. The third kappa shape index (κ3) is 2.44. The van der Waals surface area contributed by atoms with Gasteiger partial charge in [-0.2, -0.15) is 17.0 Å². The molecule has 2 aliphatic heterocycles. The van der Waals surface area contributed by atoms with Crippen LogP contribution in [0.3, 0.4) is 0 Å². The third-order valence-corrected chi connectivity index (χ3v) is 5.20. The van der Waals surface area contributed by atoms with Crippen LogP contribution in [0.2, 0.25) is 0 Å². The summed E-state index contributed by atoms with van der Waals surface area (Å²) in [5.74, 6) is -0.0701. The predicted octanol–water partition coefficient (Wildman–Crippen LogP) is -1.04. The molecular formula is C9H18N4O3S. The highest BCUT2D eigenvalue weighted by Crippen LogP contribution is 2.23. The van der Waals surface area contributed by atoms with Gasteiger partial charge in [0.05, 0.1) is 19.3 Å². The fourth-order valence-corrected chi connectivity index (χ4v) is 4.06. The Labute approximate surface area is 101 Å². The number of rotatable bonds is 3. The molecule has 0 saturated carbocycles. The lowest BCUT2D eigenvalue weighted by molar-refractivity contribution is 0.0703.